The van der Waals surface area contributed by atoms with Crippen LogP contribution < -0.4 is 9.80 Å². The third-order valence-corrected chi connectivity index (χ3v) is 7.59. The molecule has 8 nitrogen and oxygen atoms in total. The fourth-order valence-electron chi connectivity index (χ4n) is 4.56. The van der Waals surface area contributed by atoms with Crippen molar-refractivity contribution >= 4 is 29.3 Å². The molecule has 5 rings (SSSR count). The number of carbonyl (C=O) groups is 1. The molecule has 35 heavy (non-hydrogen) atoms. The van der Waals surface area contributed by atoms with Crippen LogP contribution in [-0.4, -0.2) is 83.3 Å². The molecule has 0 unspecified atom stereocenters. The fraction of sp³-hybridized carbons (Fsp3) is 0.423. The molecule has 184 valence electrons. The molecule has 0 aliphatic carbocycles. The second kappa shape index (κ2) is 11.1. The summed E-state index contributed by atoms with van der Waals surface area (Å²) in [7, 11) is 0. The molecule has 2 aliphatic heterocycles. The largest absolute Gasteiger partial charge is 0.378 e. The number of anilines is 2. The van der Waals surface area contributed by atoms with E-state index in [1.54, 1.807) is 0 Å². The molecule has 1 aromatic heterocycles. The number of aromatic nitrogens is 3. The molecule has 3 aromatic rings. The molecule has 3 heterocycles. The van der Waals surface area contributed by atoms with Gasteiger partial charge < -0.3 is 19.4 Å². The standard InChI is InChI=1S/C26H32N6O2S/c1-21(24(33)30-14-12-29(13-15-30)23-10-6-3-7-11-23)35-26-28-27-25(31-16-18-34-19-17-31)32(26)20-22-8-4-2-5-9-22/h2-11,21H,12-20H2,1H3/t21-/m0/s1. The van der Waals surface area contributed by atoms with Crippen molar-refractivity contribution in [1.29, 1.82) is 0 Å². The van der Waals surface area contributed by atoms with Crippen molar-refractivity contribution < 1.29 is 9.53 Å². The highest BCUT2D eigenvalue weighted by atomic mass is 32.2. The SMILES string of the molecule is C[C@H](Sc1nnc(N2CCOCC2)n1Cc1ccccc1)C(=O)N1CCN(c2ccccc2)CC1. The summed E-state index contributed by atoms with van der Waals surface area (Å²) in [6, 6.07) is 20.7. The average molecular weight is 493 g/mol. The Bertz CT molecular complexity index is 1100. The maximum Gasteiger partial charge on any atom is 0.236 e. The number of benzene rings is 2. The Kier molecular flexibility index (Phi) is 7.54. The number of hydrogen-bond acceptors (Lipinski definition) is 7. The molecule has 1 amide bonds. The lowest BCUT2D eigenvalue weighted by molar-refractivity contribution is -0.130. The van der Waals surface area contributed by atoms with Crippen molar-refractivity contribution in [2.24, 2.45) is 0 Å². The first-order chi connectivity index (χ1) is 17.2. The van der Waals surface area contributed by atoms with Gasteiger partial charge in [0, 0.05) is 45.0 Å². The van der Waals surface area contributed by atoms with Gasteiger partial charge in [-0.1, -0.05) is 60.3 Å². The number of morpholine rings is 1. The number of hydrogen-bond donors (Lipinski definition) is 0. The van der Waals surface area contributed by atoms with Crippen LogP contribution in [0.25, 0.3) is 0 Å². The predicted octanol–water partition coefficient (Wildman–Crippen LogP) is 2.99. The average Bonchev–Trinajstić information content (AvgIpc) is 3.31. The monoisotopic (exact) mass is 492 g/mol. The lowest BCUT2D eigenvalue weighted by atomic mass is 10.2. The third kappa shape index (κ3) is 5.62. The summed E-state index contributed by atoms with van der Waals surface area (Å²) in [5.41, 5.74) is 2.39. The van der Waals surface area contributed by atoms with E-state index < -0.39 is 0 Å². The molecule has 9 heteroatoms. The number of rotatable bonds is 7. The first-order valence-corrected chi connectivity index (χ1v) is 13.1. The maximum atomic E-state index is 13.3. The fourth-order valence-corrected chi connectivity index (χ4v) is 5.49. The first kappa shape index (κ1) is 23.7. The van der Waals surface area contributed by atoms with E-state index in [-0.39, 0.29) is 11.2 Å². The number of ether oxygens (including phenoxy) is 1. The summed E-state index contributed by atoms with van der Waals surface area (Å²) in [6.07, 6.45) is 0. The van der Waals surface area contributed by atoms with Gasteiger partial charge in [-0.15, -0.1) is 10.2 Å². The number of nitrogens with zero attached hydrogens (tertiary/aromatic N) is 6. The minimum Gasteiger partial charge on any atom is -0.378 e. The normalized spacial score (nSPS) is 17.5. The summed E-state index contributed by atoms with van der Waals surface area (Å²) in [4.78, 5) is 19.9. The number of para-hydroxylation sites is 1. The molecule has 0 spiro atoms. The van der Waals surface area contributed by atoms with E-state index >= 15 is 0 Å². The molecule has 2 saturated heterocycles. The molecule has 2 fully saturated rings. The van der Waals surface area contributed by atoms with Crippen LogP contribution in [0.15, 0.2) is 65.8 Å². The minimum absolute atomic E-state index is 0.157. The highest BCUT2D eigenvalue weighted by Gasteiger charge is 2.28. The van der Waals surface area contributed by atoms with Crippen LogP contribution >= 0.6 is 11.8 Å². The summed E-state index contributed by atoms with van der Waals surface area (Å²) in [5, 5.41) is 9.59. The van der Waals surface area contributed by atoms with Crippen molar-refractivity contribution in [2.45, 2.75) is 23.9 Å². The van der Waals surface area contributed by atoms with Gasteiger partial charge in [-0.05, 0) is 24.6 Å². The number of carbonyl (C=O) groups excluding carboxylic acids is 1. The molecule has 0 bridgehead atoms. The summed E-state index contributed by atoms with van der Waals surface area (Å²) < 4.78 is 7.67. The van der Waals surface area contributed by atoms with Gasteiger partial charge in [-0.25, -0.2) is 0 Å². The van der Waals surface area contributed by atoms with E-state index in [1.165, 1.54) is 23.0 Å². The van der Waals surface area contributed by atoms with Crippen molar-refractivity contribution in [2.75, 3.05) is 62.3 Å². The Balaban J connectivity index is 1.27. The van der Waals surface area contributed by atoms with Gasteiger partial charge in [0.2, 0.25) is 11.9 Å². The van der Waals surface area contributed by atoms with Gasteiger partial charge in [-0.3, -0.25) is 9.36 Å². The summed E-state index contributed by atoms with van der Waals surface area (Å²) in [5.74, 6) is 1.00. The van der Waals surface area contributed by atoms with Crippen LogP contribution in [0, 0.1) is 0 Å². The third-order valence-electron chi connectivity index (χ3n) is 6.52. The minimum atomic E-state index is -0.241. The Morgan fingerprint density at radius 1 is 0.886 bits per heavy atom. The molecule has 2 aliphatic rings. The second-order valence-electron chi connectivity index (χ2n) is 8.86. The van der Waals surface area contributed by atoms with Gasteiger partial charge in [0.05, 0.1) is 25.0 Å². The van der Waals surface area contributed by atoms with Crippen molar-refractivity contribution in [3.05, 3.63) is 66.2 Å². The highest BCUT2D eigenvalue weighted by molar-refractivity contribution is 8.00. The summed E-state index contributed by atoms with van der Waals surface area (Å²) >= 11 is 1.50. The smallest absolute Gasteiger partial charge is 0.236 e. The number of piperazine rings is 1. The lowest BCUT2D eigenvalue weighted by Crippen LogP contribution is -2.50. The van der Waals surface area contributed by atoms with Crippen LogP contribution in [0.4, 0.5) is 11.6 Å². The van der Waals surface area contributed by atoms with Crippen LogP contribution in [0.5, 0.6) is 0 Å². The van der Waals surface area contributed by atoms with Crippen molar-refractivity contribution in [3.8, 4) is 0 Å². The van der Waals surface area contributed by atoms with Gasteiger partial charge in [0.25, 0.3) is 0 Å². The molecule has 2 aromatic carbocycles. The second-order valence-corrected chi connectivity index (χ2v) is 10.2. The molecule has 1 atom stereocenters. The first-order valence-electron chi connectivity index (χ1n) is 12.2. The molecule has 0 N–H and O–H groups in total. The van der Waals surface area contributed by atoms with Gasteiger partial charge in [0.1, 0.15) is 0 Å². The summed E-state index contributed by atoms with van der Waals surface area (Å²) in [6.45, 7) is 8.75. The Morgan fingerprint density at radius 2 is 1.54 bits per heavy atom. The topological polar surface area (TPSA) is 66.7 Å². The zero-order valence-electron chi connectivity index (χ0n) is 20.1. The van der Waals surface area contributed by atoms with Crippen LogP contribution in [0.1, 0.15) is 12.5 Å². The maximum absolute atomic E-state index is 13.3. The predicted molar refractivity (Wildman–Crippen MR) is 139 cm³/mol. The molecular formula is C26H32N6O2S. The van der Waals surface area contributed by atoms with Gasteiger partial charge >= 0.3 is 0 Å². The van der Waals surface area contributed by atoms with Gasteiger partial charge in [-0.2, -0.15) is 0 Å². The van der Waals surface area contributed by atoms with Crippen LogP contribution in [0.3, 0.4) is 0 Å². The zero-order valence-corrected chi connectivity index (χ0v) is 20.9. The van der Waals surface area contributed by atoms with Crippen molar-refractivity contribution in [3.63, 3.8) is 0 Å². The molecule has 0 radical (unpaired) electrons. The van der Waals surface area contributed by atoms with Crippen molar-refractivity contribution in [1.82, 2.24) is 19.7 Å². The number of amides is 1. The van der Waals surface area contributed by atoms with E-state index in [0.717, 1.165) is 50.4 Å². The molecule has 0 saturated carbocycles. The van der Waals surface area contributed by atoms with E-state index in [1.807, 2.05) is 36.1 Å². The van der Waals surface area contributed by atoms with E-state index in [2.05, 4.69) is 61.0 Å². The molecular weight excluding hydrogens is 460 g/mol. The highest BCUT2D eigenvalue weighted by Crippen LogP contribution is 2.28. The quantitative estimate of drug-likeness (QED) is 0.470. The Labute approximate surface area is 210 Å². The van der Waals surface area contributed by atoms with Crippen LogP contribution in [0.2, 0.25) is 0 Å². The van der Waals surface area contributed by atoms with Gasteiger partial charge in [0.15, 0.2) is 5.16 Å². The van der Waals surface area contributed by atoms with E-state index in [9.17, 15) is 4.79 Å². The Hall–Kier alpha value is -3.04. The number of thioether (sulfide) groups is 1. The zero-order chi connectivity index (χ0) is 24.0. The lowest BCUT2D eigenvalue weighted by Gasteiger charge is -2.37. The van der Waals surface area contributed by atoms with E-state index in [0.29, 0.717) is 19.8 Å². The Morgan fingerprint density at radius 3 is 2.23 bits per heavy atom. The van der Waals surface area contributed by atoms with Crippen LogP contribution in [-0.2, 0) is 16.1 Å². The van der Waals surface area contributed by atoms with E-state index in [4.69, 9.17) is 4.74 Å².